The van der Waals surface area contributed by atoms with Crippen LogP contribution in [0.5, 0.6) is 11.5 Å². The number of nitrogens with one attached hydrogen (secondary N) is 3. The minimum absolute atomic E-state index is 0.0194. The number of esters is 1. The molecule has 1 unspecified atom stereocenters. The number of hydrogen-bond donors (Lipinski definition) is 4. The minimum atomic E-state index is -1.91. The molecule has 3 saturated heterocycles. The van der Waals surface area contributed by atoms with Crippen LogP contribution in [0.25, 0.3) is 0 Å². The van der Waals surface area contributed by atoms with Crippen LogP contribution in [0.1, 0.15) is 103 Å². The number of thioether (sulfide) groups is 1. The number of carbonyl (C=O) groups excluding carboxylic acids is 10. The Morgan fingerprint density at radius 1 is 0.967 bits per heavy atom. The lowest BCUT2D eigenvalue weighted by Crippen LogP contribution is -2.63. The first kappa shape index (κ1) is 71.5. The van der Waals surface area contributed by atoms with E-state index in [0.29, 0.717) is 34.9 Å². The molecule has 7 rings (SSSR count). The van der Waals surface area contributed by atoms with Crippen molar-refractivity contribution in [1.29, 1.82) is 0 Å². The van der Waals surface area contributed by atoms with Crippen LogP contribution >= 0.6 is 23.4 Å². The molecule has 4 N–H and O–H groups in total. The van der Waals surface area contributed by atoms with Crippen molar-refractivity contribution in [3.8, 4) is 11.5 Å². The zero-order valence-corrected chi connectivity index (χ0v) is 55.0. The summed E-state index contributed by atoms with van der Waals surface area (Å²) < 4.78 is 40.7. The second kappa shape index (κ2) is 32.1. The topological polar surface area (TPSA) is 320 Å². The van der Waals surface area contributed by atoms with E-state index in [4.69, 9.17) is 49.6 Å². The van der Waals surface area contributed by atoms with E-state index in [0.717, 1.165) is 48.6 Å². The van der Waals surface area contributed by atoms with E-state index in [9.17, 15) is 53.1 Å². The summed E-state index contributed by atoms with van der Waals surface area (Å²) in [5.41, 5.74) is -0.754. The van der Waals surface area contributed by atoms with Crippen LogP contribution < -0.4 is 30.3 Å². The Balaban J connectivity index is 0.924. The van der Waals surface area contributed by atoms with Gasteiger partial charge in [-0.2, -0.15) is 0 Å². The third-order valence-electron chi connectivity index (χ3n) is 16.8. The number of fused-ring (bicyclic) bond motifs is 5. The number of rotatable bonds is 19. The Kier molecular flexibility index (Phi) is 24.9. The van der Waals surface area contributed by atoms with Gasteiger partial charge in [0.2, 0.25) is 11.8 Å². The first-order valence-electron chi connectivity index (χ1n) is 30.3. The van der Waals surface area contributed by atoms with Crippen molar-refractivity contribution in [1.82, 2.24) is 30.4 Å². The Bertz CT molecular complexity index is 3190. The molecule has 4 aliphatic heterocycles. The summed E-state index contributed by atoms with van der Waals surface area (Å²) in [7, 11) is 8.78. The fourth-order valence-corrected chi connectivity index (χ4v) is 12.0. The molecule has 0 saturated carbocycles. The van der Waals surface area contributed by atoms with E-state index in [1.54, 1.807) is 44.2 Å². The first-order valence-corrected chi connectivity index (χ1v) is 31.7. The zero-order valence-electron chi connectivity index (χ0n) is 53.4. The third kappa shape index (κ3) is 18.7. The van der Waals surface area contributed by atoms with Crippen LogP contribution in [0.3, 0.4) is 0 Å². The number of carbonyl (C=O) groups is 10. The van der Waals surface area contributed by atoms with Crippen LogP contribution in [0.2, 0.25) is 5.02 Å². The molecule has 2 aromatic carbocycles. The number of alkyl carbamates (subject to hydrolysis) is 1. The summed E-state index contributed by atoms with van der Waals surface area (Å²) in [6, 6.07) is 6.63. The van der Waals surface area contributed by atoms with Crippen molar-refractivity contribution >= 4 is 93.8 Å². The highest BCUT2D eigenvalue weighted by molar-refractivity contribution is 8.13. The molecule has 2 aromatic rings. The molecule has 29 heteroatoms. The third-order valence-corrected chi connectivity index (χ3v) is 18.1. The van der Waals surface area contributed by atoms with Crippen LogP contribution in [-0.4, -0.2) is 200 Å². The first-order chi connectivity index (χ1) is 43.6. The lowest BCUT2D eigenvalue weighted by atomic mass is 9.83. The summed E-state index contributed by atoms with van der Waals surface area (Å²) in [4.78, 5) is 142. The van der Waals surface area contributed by atoms with Gasteiger partial charge in [0, 0.05) is 91.8 Å². The Morgan fingerprint density at radius 2 is 1.70 bits per heavy atom. The van der Waals surface area contributed by atoms with Crippen LogP contribution in [-0.2, 0) is 70.3 Å². The lowest BCUT2D eigenvalue weighted by molar-refractivity contribution is -0.196. The van der Waals surface area contributed by atoms with Crippen LogP contribution in [0.4, 0.5) is 30.6 Å². The van der Waals surface area contributed by atoms with Crippen molar-refractivity contribution in [2.45, 2.75) is 153 Å². The van der Waals surface area contributed by atoms with Crippen LogP contribution in [0, 0.1) is 5.92 Å². The molecule has 8 amide bonds. The number of amides is 8. The van der Waals surface area contributed by atoms with E-state index in [2.05, 4.69) is 22.0 Å². The maximum Gasteiger partial charge on any atom is 0.412 e. The maximum absolute atomic E-state index is 14.4. The minimum Gasteiger partial charge on any atom is -0.495 e. The van der Waals surface area contributed by atoms with E-state index < -0.39 is 120 Å². The summed E-state index contributed by atoms with van der Waals surface area (Å²) in [6.07, 6.45) is 6.63. The molecule has 5 aliphatic rings. The Morgan fingerprint density at radius 3 is 2.41 bits per heavy atom. The quantitative estimate of drug-likeness (QED) is 0.0363. The predicted molar refractivity (Wildman–Crippen MR) is 336 cm³/mol. The van der Waals surface area contributed by atoms with Crippen molar-refractivity contribution in [2.75, 3.05) is 78.0 Å². The molecule has 4 heterocycles. The summed E-state index contributed by atoms with van der Waals surface area (Å²) in [5.74, 6) is -4.44. The molecule has 502 valence electrons. The SMILES string of the molecule is COc1cc2cc(c1Cl)N(C)C(=O)C[C@H](OC(=O)[C@H](C)N(C)C(=O)CCSC(=O)N(C)CCN(C)C(=O)OCc1ccc(OC(=O)NC3C/C=C/CCCC3)c(NCC(=O)ON3C(=O)CCC3=O)c1)[C@]1(C)O[C@H]1[C@H](C)[C@@H]1C[C@@](O)(NC(=O)O1)[C@H](OC)/C=C/C=C(\C)C2. The number of hydrogen-bond acceptors (Lipinski definition) is 21. The molecule has 92 heavy (non-hydrogen) atoms. The number of imide groups is 1. The molecule has 0 radical (unpaired) electrons. The van der Waals surface area contributed by atoms with Gasteiger partial charge in [-0.25, -0.2) is 24.0 Å². The number of benzene rings is 2. The van der Waals surface area contributed by atoms with Crippen molar-refractivity contribution in [2.24, 2.45) is 5.92 Å². The highest BCUT2D eigenvalue weighted by Crippen LogP contribution is 2.49. The highest BCUT2D eigenvalue weighted by Gasteiger charge is 2.64. The molecular weight excluding hydrogens is 1240 g/mol. The second-order valence-electron chi connectivity index (χ2n) is 23.6. The molecular formula is C63H83ClN8O19S. The highest BCUT2D eigenvalue weighted by atomic mass is 35.5. The van der Waals surface area contributed by atoms with Gasteiger partial charge in [-0.05, 0) is 88.3 Å². The fraction of sp³-hybridized carbons (Fsp3) is 0.556. The monoisotopic (exact) mass is 1320 g/mol. The number of nitrogens with zero attached hydrogens (tertiary/aromatic N) is 5. The number of anilines is 2. The average molecular weight is 1320 g/mol. The van der Waals surface area contributed by atoms with Gasteiger partial charge in [-0.1, -0.05) is 78.7 Å². The molecule has 0 spiro atoms. The maximum atomic E-state index is 14.4. The standard InChI is InChI=1S/C63H83ClN8O19S/c1-37-17-16-20-48(85-10)63(83)34-47(88-59(80)67-63)38(2)56-62(4,90-56)49(33-53(76)71(8)44-31-41(29-37)32-46(84-9)55(44)64)89-57(78)39(3)70(7)50(73)25-28-92-61(82)69(6)27-26-68(5)60(81)86-36-40-21-22-45(87-58(79)66-42-18-14-12-11-13-15-19-42)43(30-40)65-35-54(77)91-72-51(74)23-24-52(72)75/h12,14,16-17,20-22,30-32,38-39,42,47-49,56,65,83H,11,13,15,18-19,23-29,33-36H2,1-10H3,(H,66,79)(H,67,80)/b14-12+,20-16+,37-17+/t38-,39+,42?,47+,48-,49+,56+,62+,63+/m1/s1. The molecule has 0 aromatic heterocycles. The number of methoxy groups -OCH3 is 2. The summed E-state index contributed by atoms with van der Waals surface area (Å²) in [6.45, 7) is 6.06. The predicted octanol–water partition coefficient (Wildman–Crippen LogP) is 6.95. The van der Waals surface area contributed by atoms with Crippen molar-refractivity contribution in [3.63, 3.8) is 0 Å². The van der Waals surface area contributed by atoms with Crippen LogP contribution in [0.15, 0.2) is 66.3 Å². The zero-order chi connectivity index (χ0) is 67.2. The van der Waals surface area contributed by atoms with Gasteiger partial charge < -0.3 is 73.3 Å². The van der Waals surface area contributed by atoms with E-state index in [-0.39, 0.29) is 73.6 Å². The normalized spacial score (nSPS) is 25.7. The second-order valence-corrected chi connectivity index (χ2v) is 25.0. The lowest BCUT2D eigenvalue weighted by Gasteiger charge is -2.42. The fourth-order valence-electron chi connectivity index (χ4n) is 10.9. The van der Waals surface area contributed by atoms with Gasteiger partial charge in [0.05, 0.1) is 31.0 Å². The van der Waals surface area contributed by atoms with Gasteiger partial charge in [0.25, 0.3) is 17.1 Å². The molecule has 9 atom stereocenters. The van der Waals surface area contributed by atoms with Gasteiger partial charge in [-0.15, -0.1) is 5.06 Å². The number of allylic oxidation sites excluding steroid dienone is 4. The van der Waals surface area contributed by atoms with Gasteiger partial charge >= 0.3 is 30.2 Å². The number of hydroxylamine groups is 2. The number of ether oxygens (including phenoxy) is 7. The summed E-state index contributed by atoms with van der Waals surface area (Å²) >= 11 is 7.68. The van der Waals surface area contributed by atoms with E-state index >= 15 is 0 Å². The number of aliphatic hydroxyl groups is 1. The molecule has 27 nitrogen and oxygen atoms in total. The van der Waals surface area contributed by atoms with Crippen molar-refractivity contribution < 1.29 is 91.0 Å². The van der Waals surface area contributed by atoms with Gasteiger partial charge in [-0.3, -0.25) is 29.3 Å². The largest absolute Gasteiger partial charge is 0.495 e. The molecule has 3 fully saturated rings. The van der Waals surface area contributed by atoms with Gasteiger partial charge in [0.15, 0.2) is 11.5 Å². The molecule has 1 aliphatic carbocycles. The smallest absolute Gasteiger partial charge is 0.412 e. The van der Waals surface area contributed by atoms with Crippen molar-refractivity contribution in [3.05, 3.63) is 82.4 Å². The number of epoxide rings is 1. The van der Waals surface area contributed by atoms with E-state index in [1.807, 2.05) is 19.1 Å². The number of halogens is 1. The summed E-state index contributed by atoms with van der Waals surface area (Å²) in [5, 5.41) is 20.2. The average Bonchev–Trinajstić information content (AvgIpc) is 1.57. The molecule has 4 bridgehead atoms. The Hall–Kier alpha value is -7.92. The number of likely N-dealkylation sites (N-methyl/N-ethyl adjacent to an activating group) is 3. The van der Waals surface area contributed by atoms with Gasteiger partial charge in [0.1, 0.15) is 53.9 Å². The van der Waals surface area contributed by atoms with E-state index in [1.165, 1.54) is 81.1 Å². The Labute approximate surface area is 543 Å².